The maximum absolute atomic E-state index is 11.1. The zero-order valence-electron chi connectivity index (χ0n) is 8.25. The van der Waals surface area contributed by atoms with Crippen molar-refractivity contribution in [3.05, 3.63) is 29.8 Å². The molecule has 0 aliphatic heterocycles. The van der Waals surface area contributed by atoms with E-state index >= 15 is 0 Å². The molecule has 0 bridgehead atoms. The second-order valence-electron chi connectivity index (χ2n) is 3.28. The Labute approximate surface area is 98.5 Å². The first-order valence-corrected chi connectivity index (χ1v) is 6.49. The van der Waals surface area contributed by atoms with Gasteiger partial charge in [-0.3, -0.25) is 0 Å². The predicted octanol–water partition coefficient (Wildman–Crippen LogP) is -0.0329. The van der Waals surface area contributed by atoms with Crippen LogP contribution in [0.3, 0.4) is 0 Å². The van der Waals surface area contributed by atoms with Crippen molar-refractivity contribution in [3.63, 3.8) is 0 Å². The summed E-state index contributed by atoms with van der Waals surface area (Å²) in [5.41, 5.74) is 0.250. The molecule has 2 atom stereocenters. The van der Waals surface area contributed by atoms with Crippen molar-refractivity contribution in [2.45, 2.75) is 17.1 Å². The van der Waals surface area contributed by atoms with E-state index in [1.807, 2.05) is 0 Å². The fourth-order valence-electron chi connectivity index (χ4n) is 1.18. The molecule has 0 radical (unpaired) electrons. The molecule has 0 spiro atoms. The van der Waals surface area contributed by atoms with Crippen LogP contribution in [0.1, 0.15) is 11.7 Å². The van der Waals surface area contributed by atoms with Gasteiger partial charge < -0.3 is 10.2 Å². The molecule has 2 unspecified atom stereocenters. The van der Waals surface area contributed by atoms with Gasteiger partial charge in [0.25, 0.3) is 0 Å². The lowest BCUT2D eigenvalue weighted by molar-refractivity contribution is 0.0326. The van der Waals surface area contributed by atoms with Crippen molar-refractivity contribution in [1.29, 1.82) is 0 Å². The van der Waals surface area contributed by atoms with Crippen LogP contribution in [-0.4, -0.2) is 30.6 Å². The third-order valence-electron chi connectivity index (χ3n) is 2.05. The Hall–Kier alpha value is -0.660. The normalized spacial score (nSPS) is 15.8. The molecule has 5 nitrogen and oxygen atoms in total. The molecule has 7 heteroatoms. The van der Waals surface area contributed by atoms with Gasteiger partial charge in [0, 0.05) is 0 Å². The topological polar surface area (TPSA) is 101 Å². The lowest BCUT2D eigenvalue weighted by Gasteiger charge is -2.16. The van der Waals surface area contributed by atoms with E-state index in [-0.39, 0.29) is 16.3 Å². The van der Waals surface area contributed by atoms with Crippen LogP contribution in [0.5, 0.6) is 0 Å². The summed E-state index contributed by atoms with van der Waals surface area (Å²) in [6.07, 6.45) is -2.39. The summed E-state index contributed by atoms with van der Waals surface area (Å²) in [5.74, 6) is -0.152. The quantitative estimate of drug-likeness (QED) is 0.666. The van der Waals surface area contributed by atoms with E-state index in [0.29, 0.717) is 0 Å². The SMILES string of the molecule is NS(=O)(=O)c1cccc(C(O)C(O)CCl)c1. The van der Waals surface area contributed by atoms with Crippen LogP contribution in [0.4, 0.5) is 0 Å². The molecule has 1 aromatic rings. The second kappa shape index (κ2) is 5.11. The lowest BCUT2D eigenvalue weighted by atomic mass is 10.1. The monoisotopic (exact) mass is 265 g/mol. The van der Waals surface area contributed by atoms with Crippen molar-refractivity contribution in [2.24, 2.45) is 5.14 Å². The number of nitrogens with two attached hydrogens (primary N) is 1. The first kappa shape index (κ1) is 13.4. The van der Waals surface area contributed by atoms with E-state index in [1.165, 1.54) is 24.3 Å². The fourth-order valence-corrected chi connectivity index (χ4v) is 1.92. The minimum atomic E-state index is -3.82. The van der Waals surface area contributed by atoms with Gasteiger partial charge >= 0.3 is 0 Å². The zero-order chi connectivity index (χ0) is 12.3. The number of hydrogen-bond donors (Lipinski definition) is 3. The van der Waals surface area contributed by atoms with Crippen molar-refractivity contribution in [1.82, 2.24) is 0 Å². The number of rotatable bonds is 4. The van der Waals surface area contributed by atoms with Crippen LogP contribution >= 0.6 is 11.6 Å². The Morgan fingerprint density at radius 1 is 1.38 bits per heavy atom. The number of benzene rings is 1. The Kier molecular flexibility index (Phi) is 4.28. The van der Waals surface area contributed by atoms with Gasteiger partial charge in [-0.2, -0.15) is 0 Å². The molecule has 16 heavy (non-hydrogen) atoms. The third-order valence-corrected chi connectivity index (χ3v) is 3.28. The number of alkyl halides is 1. The minimum absolute atomic E-state index is 0.120. The number of primary sulfonamides is 1. The van der Waals surface area contributed by atoms with Gasteiger partial charge in [-0.15, -0.1) is 11.6 Å². The summed E-state index contributed by atoms with van der Waals surface area (Å²) < 4.78 is 22.1. The summed E-state index contributed by atoms with van der Waals surface area (Å²) in [6.45, 7) is 0. The van der Waals surface area contributed by atoms with Gasteiger partial charge in [-0.25, -0.2) is 13.6 Å². The van der Waals surface area contributed by atoms with E-state index in [4.69, 9.17) is 16.7 Å². The second-order valence-corrected chi connectivity index (χ2v) is 5.15. The Bertz CT molecular complexity index is 462. The Morgan fingerprint density at radius 3 is 2.50 bits per heavy atom. The molecular weight excluding hydrogens is 254 g/mol. The van der Waals surface area contributed by atoms with Crippen LogP contribution in [0.2, 0.25) is 0 Å². The maximum Gasteiger partial charge on any atom is 0.238 e. The standard InChI is InChI=1S/C9H12ClNO4S/c10-5-8(12)9(13)6-2-1-3-7(4-6)16(11,14)15/h1-4,8-9,12-13H,5H2,(H2,11,14,15). The molecule has 0 aromatic heterocycles. The highest BCUT2D eigenvalue weighted by Gasteiger charge is 2.19. The molecule has 0 heterocycles. The third kappa shape index (κ3) is 3.16. The number of aliphatic hydroxyl groups excluding tert-OH is 2. The molecule has 0 aliphatic rings. The van der Waals surface area contributed by atoms with E-state index in [2.05, 4.69) is 0 Å². The Morgan fingerprint density at radius 2 is 2.00 bits per heavy atom. The molecule has 0 saturated carbocycles. The number of halogens is 1. The van der Waals surface area contributed by atoms with Crippen LogP contribution in [0.15, 0.2) is 29.2 Å². The van der Waals surface area contributed by atoms with Crippen LogP contribution in [0, 0.1) is 0 Å². The minimum Gasteiger partial charge on any atom is -0.389 e. The molecule has 0 amide bonds. The zero-order valence-corrected chi connectivity index (χ0v) is 9.82. The lowest BCUT2D eigenvalue weighted by Crippen LogP contribution is -2.20. The van der Waals surface area contributed by atoms with E-state index in [9.17, 15) is 18.6 Å². The highest BCUT2D eigenvalue weighted by molar-refractivity contribution is 7.89. The van der Waals surface area contributed by atoms with Gasteiger partial charge in [0.15, 0.2) is 0 Å². The van der Waals surface area contributed by atoms with Gasteiger partial charge in [-0.05, 0) is 17.7 Å². The van der Waals surface area contributed by atoms with Crippen molar-refractivity contribution >= 4 is 21.6 Å². The molecule has 0 saturated heterocycles. The maximum atomic E-state index is 11.1. The Balaban J connectivity index is 3.08. The molecule has 1 aromatic carbocycles. The van der Waals surface area contributed by atoms with E-state index in [1.54, 1.807) is 0 Å². The smallest absolute Gasteiger partial charge is 0.238 e. The van der Waals surface area contributed by atoms with Crippen molar-refractivity contribution in [3.8, 4) is 0 Å². The van der Waals surface area contributed by atoms with Gasteiger partial charge in [0.2, 0.25) is 10.0 Å². The van der Waals surface area contributed by atoms with Crippen LogP contribution < -0.4 is 5.14 Å². The number of aliphatic hydroxyl groups is 2. The average Bonchev–Trinajstić information content (AvgIpc) is 2.26. The molecule has 1 rings (SSSR count). The van der Waals surface area contributed by atoms with Gasteiger partial charge in [0.1, 0.15) is 6.10 Å². The summed E-state index contributed by atoms with van der Waals surface area (Å²) in [6, 6.07) is 5.42. The highest BCUT2D eigenvalue weighted by atomic mass is 35.5. The highest BCUT2D eigenvalue weighted by Crippen LogP contribution is 2.20. The molecule has 0 aliphatic carbocycles. The molecular formula is C9H12ClNO4S. The predicted molar refractivity (Wildman–Crippen MR) is 59.5 cm³/mol. The first-order valence-electron chi connectivity index (χ1n) is 4.41. The molecule has 90 valence electrons. The average molecular weight is 266 g/mol. The summed E-state index contributed by atoms with van der Waals surface area (Å²) >= 11 is 5.37. The van der Waals surface area contributed by atoms with Crippen LogP contribution in [0.25, 0.3) is 0 Å². The van der Waals surface area contributed by atoms with E-state index in [0.717, 1.165) is 0 Å². The fraction of sp³-hybridized carbons (Fsp3) is 0.333. The van der Waals surface area contributed by atoms with Crippen LogP contribution in [-0.2, 0) is 10.0 Å². The van der Waals surface area contributed by atoms with E-state index < -0.39 is 22.2 Å². The largest absolute Gasteiger partial charge is 0.389 e. The summed E-state index contributed by atoms with van der Waals surface area (Å²) in [7, 11) is -3.82. The summed E-state index contributed by atoms with van der Waals surface area (Å²) in [5, 5.41) is 23.9. The van der Waals surface area contributed by atoms with Crippen molar-refractivity contribution in [2.75, 3.05) is 5.88 Å². The molecule has 4 N–H and O–H groups in total. The molecule has 0 fully saturated rings. The van der Waals surface area contributed by atoms with Crippen molar-refractivity contribution < 1.29 is 18.6 Å². The number of sulfonamides is 1. The summed E-state index contributed by atoms with van der Waals surface area (Å²) in [4.78, 5) is -0.120. The van der Waals surface area contributed by atoms with Gasteiger partial charge in [-0.1, -0.05) is 12.1 Å². The van der Waals surface area contributed by atoms with Gasteiger partial charge in [0.05, 0.1) is 16.9 Å². The number of hydrogen-bond acceptors (Lipinski definition) is 4. The first-order chi connectivity index (χ1) is 7.36.